The van der Waals surface area contributed by atoms with Crippen molar-refractivity contribution in [3.8, 4) is 0 Å². The van der Waals surface area contributed by atoms with Crippen molar-refractivity contribution < 1.29 is 76.8 Å². The Bertz CT molecular complexity index is 1050. The third-order valence-corrected chi connectivity index (χ3v) is 157. The minimum Gasteiger partial charge on any atom is -0.457 e. The van der Waals surface area contributed by atoms with Crippen molar-refractivity contribution in [1.82, 2.24) is 5.32 Å². The summed E-state index contributed by atoms with van der Waals surface area (Å²) in [6.07, 6.45) is 0.629. The summed E-state index contributed by atoms with van der Waals surface area (Å²) in [5.41, 5.74) is 5.62. The second kappa shape index (κ2) is 21.4. The molecule has 1 aliphatic rings. The van der Waals surface area contributed by atoms with Crippen molar-refractivity contribution in [3.63, 3.8) is 0 Å². The molecule has 17 radical (unpaired) electrons. The predicted molar refractivity (Wildman–Crippen MR) is 216 cm³/mol. The molecule has 0 saturated carbocycles. The van der Waals surface area contributed by atoms with Gasteiger partial charge in [-0.15, -0.1) is 0 Å². The topological polar surface area (TPSA) is 305 Å². The molecule has 13 N–H and O–H groups in total. The normalized spacial score (nSPS) is 27.3. The van der Waals surface area contributed by atoms with Gasteiger partial charge in [0.25, 0.3) is 32.3 Å². The van der Waals surface area contributed by atoms with Gasteiger partial charge in [-0.25, -0.2) is 0 Å². The van der Waals surface area contributed by atoms with Crippen LogP contribution in [0.2, 0.25) is 64.1 Å². The molecule has 51 heavy (non-hydrogen) atoms. The van der Waals surface area contributed by atoms with E-state index in [1.165, 1.54) is 19.6 Å². The molecule has 0 aromatic carbocycles. The maximum atomic E-state index is 13.0. The van der Waals surface area contributed by atoms with Gasteiger partial charge in [0.2, 0.25) is 50.4 Å². The van der Waals surface area contributed by atoms with Gasteiger partial charge in [-0.3, -0.25) is 0 Å². The van der Waals surface area contributed by atoms with Crippen molar-refractivity contribution in [2.75, 3.05) is 19.6 Å². The Balaban J connectivity index is 4.77. The molecule has 19 nitrogen and oxygen atoms in total. The van der Waals surface area contributed by atoms with Crippen LogP contribution >= 0.6 is 0 Å². The van der Waals surface area contributed by atoms with Crippen LogP contribution in [0, 0.1) is 0 Å². The molecule has 0 aromatic heterocycles. The molecule has 0 bridgehead atoms. The fraction of sp³-hybridized carbons (Fsp3) is 1.00. The zero-order valence-corrected chi connectivity index (χ0v) is 47.6. The molecule has 37 heteroatoms. The second-order valence-electron chi connectivity index (χ2n) is 13.3. The Labute approximate surface area is 329 Å². The summed E-state index contributed by atoms with van der Waals surface area (Å²) in [4.78, 5) is 114. The first-order valence-corrected chi connectivity index (χ1v) is 55.6. The standard InChI is InChI=1S/C14H49N2O17Si18/c1-42(13-9-11-16-12-10-15)30-49(39-22,40-23)51(29-36-19,44(4,5)25)48(33-47(37-20,38-21)27-34-17)32-45(6,7)31-43(2,3)14-46(8,26)50(48,41-24)28-35-18/h16-26H,9-15H2,1-8H3. The lowest BCUT2D eigenvalue weighted by Crippen LogP contribution is -3.06. The molecule has 1 aliphatic heterocycles. The van der Waals surface area contributed by atoms with Crippen LogP contribution in [0.5, 0.6) is 0 Å². The minimum absolute atomic E-state index is 0.0261. The van der Waals surface area contributed by atoms with E-state index in [0.29, 0.717) is 32.1 Å². The van der Waals surface area contributed by atoms with Crippen LogP contribution in [0.25, 0.3) is 0 Å². The van der Waals surface area contributed by atoms with Crippen molar-refractivity contribution in [2.24, 2.45) is 5.73 Å². The Morgan fingerprint density at radius 1 is 0.843 bits per heavy atom. The van der Waals surface area contributed by atoms with Crippen LogP contribution in [0.3, 0.4) is 0 Å². The molecule has 1 fully saturated rings. The molecule has 0 aromatic rings. The second-order valence-corrected chi connectivity index (χ2v) is 96.2. The summed E-state index contributed by atoms with van der Waals surface area (Å²) in [6.45, 7) is 0.665. The van der Waals surface area contributed by atoms with Crippen LogP contribution in [-0.2, 0) is 28.8 Å². The highest BCUT2D eigenvalue weighted by Crippen LogP contribution is 2.49. The first-order valence-electron chi connectivity index (χ1n) is 15.3. The highest BCUT2D eigenvalue weighted by atomic mass is 30.3. The van der Waals surface area contributed by atoms with Gasteiger partial charge in [0.15, 0.2) is 17.4 Å². The molecule has 0 aliphatic carbocycles. The van der Waals surface area contributed by atoms with Gasteiger partial charge < -0.3 is 87.8 Å². The van der Waals surface area contributed by atoms with E-state index in [-0.39, 0.29) is 5.67 Å². The van der Waals surface area contributed by atoms with E-state index in [4.69, 9.17) is 34.5 Å². The van der Waals surface area contributed by atoms with Crippen LogP contribution in [-0.4, -0.2) is 221 Å². The van der Waals surface area contributed by atoms with Crippen LogP contribution in [0.4, 0.5) is 0 Å². The van der Waals surface area contributed by atoms with Crippen LogP contribution < -0.4 is 11.1 Å². The minimum atomic E-state index is -5.33. The van der Waals surface area contributed by atoms with Gasteiger partial charge in [-0.05, 0) is 77.1 Å². The Morgan fingerprint density at radius 3 is 1.84 bits per heavy atom. The highest BCUT2D eigenvalue weighted by molar-refractivity contribution is 8.10. The summed E-state index contributed by atoms with van der Waals surface area (Å²) in [5, 5.41) is 3.21. The first kappa shape index (κ1) is 52.2. The molecule has 0 amide bonds. The van der Waals surface area contributed by atoms with E-state index < -0.39 is 154 Å². The molecule has 0 spiro atoms. The maximum Gasteiger partial charge on any atom is 0.420 e. The number of hydrogen-bond donors (Lipinski definition) is 12. The summed E-state index contributed by atoms with van der Waals surface area (Å²) in [6, 6.07) is 0.499. The van der Waals surface area contributed by atoms with E-state index in [9.17, 15) is 48.0 Å². The molecule has 289 valence electrons. The number of rotatable bonds is 24. The van der Waals surface area contributed by atoms with E-state index >= 15 is 0 Å². The van der Waals surface area contributed by atoms with Gasteiger partial charge in [-0.1, -0.05) is 0 Å². The van der Waals surface area contributed by atoms with Gasteiger partial charge in [0.05, 0.1) is 0 Å². The SMILES string of the molecule is C[Si](CCCNCCN)O[Si]([Si]O)([Si]O)[Si](O[Si]O)([Si](C)(C)O)[Si]1(O[Si](O[Si]O)([Si]O)[Si]O)O[Si](C)(C)O[Si](C)(C)C[Si](C)(O)[Si]1(O[Si]O)[Si]O. The fourth-order valence-electron chi connectivity index (χ4n) is 6.50. The Kier molecular flexibility index (Phi) is 21.9. The Morgan fingerprint density at radius 2 is 1.41 bits per heavy atom. The van der Waals surface area contributed by atoms with E-state index in [2.05, 4.69) is 5.32 Å². The number of hydrogen-bond acceptors (Lipinski definition) is 19. The molecule has 1 rings (SSSR count). The lowest BCUT2D eigenvalue weighted by atomic mass is 10.5. The lowest BCUT2D eigenvalue weighted by molar-refractivity contribution is 0.305. The van der Waals surface area contributed by atoms with E-state index in [1.54, 1.807) is 13.1 Å². The Hall–Kier alpha value is 3.14. The molecule has 4 unspecified atom stereocenters. The van der Waals surface area contributed by atoms with Gasteiger partial charge in [0.1, 0.15) is 0 Å². The van der Waals surface area contributed by atoms with Crippen LogP contribution in [0.15, 0.2) is 0 Å². The van der Waals surface area contributed by atoms with Gasteiger partial charge >= 0.3 is 53.8 Å². The summed E-state index contributed by atoms with van der Waals surface area (Å²) >= 11 is 0. The smallest absolute Gasteiger partial charge is 0.420 e. The number of nitrogens with two attached hydrogens (primary N) is 1. The largest absolute Gasteiger partial charge is 0.457 e. The summed E-state index contributed by atoms with van der Waals surface area (Å²) in [5.74, 6) is 0. The number of nitrogens with one attached hydrogen (secondary N) is 1. The zero-order chi connectivity index (χ0) is 39.6. The molecule has 1 heterocycles. The third-order valence-electron chi connectivity index (χ3n) is 7.90. The van der Waals surface area contributed by atoms with Crippen molar-refractivity contribution >= 4 is 154 Å². The summed E-state index contributed by atoms with van der Waals surface area (Å²) in [7, 11) is -37.4. The van der Waals surface area contributed by atoms with E-state index in [1.807, 2.05) is 19.6 Å². The van der Waals surface area contributed by atoms with Crippen LogP contribution in [0.1, 0.15) is 6.42 Å². The van der Waals surface area contributed by atoms with Crippen molar-refractivity contribution in [2.45, 2.75) is 70.5 Å². The molecular weight excluding hydrogens is 974 g/mol. The van der Waals surface area contributed by atoms with E-state index in [0.717, 1.165) is 0 Å². The monoisotopic (exact) mass is 1020 g/mol. The quantitative estimate of drug-likeness (QED) is 0.0316. The van der Waals surface area contributed by atoms with Gasteiger partial charge in [0, 0.05) is 13.1 Å². The highest BCUT2D eigenvalue weighted by Gasteiger charge is 2.92. The predicted octanol–water partition coefficient (Wildman–Crippen LogP) is -7.88. The first-order chi connectivity index (χ1) is 23.5. The maximum absolute atomic E-state index is 13.0. The lowest BCUT2D eigenvalue weighted by Gasteiger charge is -2.65. The molecular formula is C14H49N2O17Si18. The molecule has 4 atom stereocenters. The third kappa shape index (κ3) is 11.3. The fourth-order valence-corrected chi connectivity index (χ4v) is 254. The molecule has 1 saturated heterocycles. The summed E-state index contributed by atoms with van der Waals surface area (Å²) < 4.78 is 46.6. The van der Waals surface area contributed by atoms with Crippen molar-refractivity contribution in [1.29, 1.82) is 0 Å². The average Bonchev–Trinajstić information content (AvgIpc) is 3.02. The zero-order valence-electron chi connectivity index (χ0n) is 29.6. The van der Waals surface area contributed by atoms with Crippen molar-refractivity contribution in [3.05, 3.63) is 0 Å². The average molecular weight is 1020 g/mol. The van der Waals surface area contributed by atoms with Gasteiger partial charge in [-0.2, -0.15) is 0 Å².